The molecule has 180 valence electrons. The zero-order valence-corrected chi connectivity index (χ0v) is 19.7. The fraction of sp³-hybridized carbons (Fsp3) is 0.423. The number of hydrogen-bond donors (Lipinski definition) is 2. The smallest absolute Gasteiger partial charge is 0.225 e. The van der Waals surface area contributed by atoms with Gasteiger partial charge in [-0.1, -0.05) is 18.2 Å². The van der Waals surface area contributed by atoms with Gasteiger partial charge in [-0.3, -0.25) is 4.79 Å². The number of amides is 1. The molecule has 0 saturated heterocycles. The summed E-state index contributed by atoms with van der Waals surface area (Å²) in [5, 5.41) is 7.53. The summed E-state index contributed by atoms with van der Waals surface area (Å²) in [5.74, 6) is 0.161. The van der Waals surface area contributed by atoms with Crippen LogP contribution in [0.5, 0.6) is 0 Å². The first-order valence-corrected chi connectivity index (χ1v) is 11.8. The first-order valence-electron chi connectivity index (χ1n) is 11.8. The Labute approximate surface area is 198 Å². The number of nitrogens with one attached hydrogen (secondary N) is 2. The van der Waals surface area contributed by atoms with Gasteiger partial charge in [-0.05, 0) is 67.9 Å². The second-order valence-electron chi connectivity index (χ2n) is 9.20. The summed E-state index contributed by atoms with van der Waals surface area (Å²) in [7, 11) is 3.96. The van der Waals surface area contributed by atoms with E-state index in [1.165, 1.54) is 6.07 Å². The van der Waals surface area contributed by atoms with E-state index in [2.05, 4.69) is 10.6 Å². The predicted octanol–water partition coefficient (Wildman–Crippen LogP) is 4.69. The van der Waals surface area contributed by atoms with Crippen molar-refractivity contribution in [2.24, 2.45) is 5.92 Å². The highest BCUT2D eigenvalue weighted by Gasteiger charge is 2.22. The van der Waals surface area contributed by atoms with Crippen molar-refractivity contribution in [3.63, 3.8) is 0 Å². The molecule has 0 unspecified atom stereocenters. The van der Waals surface area contributed by atoms with Crippen LogP contribution in [0.2, 0.25) is 0 Å². The quantitative estimate of drug-likeness (QED) is 0.503. The van der Waals surface area contributed by atoms with Crippen LogP contribution in [0.4, 0.5) is 20.5 Å². The van der Waals surface area contributed by atoms with E-state index in [1.807, 2.05) is 43.3 Å². The van der Waals surface area contributed by atoms with E-state index in [9.17, 15) is 13.6 Å². The van der Waals surface area contributed by atoms with Gasteiger partial charge in [0.1, 0.15) is 5.82 Å². The summed E-state index contributed by atoms with van der Waals surface area (Å²) < 4.78 is 26.3. The van der Waals surface area contributed by atoms with Gasteiger partial charge in [-0.25, -0.2) is 13.8 Å². The molecule has 1 amide bonds. The molecule has 0 radical (unpaired) electrons. The van der Waals surface area contributed by atoms with E-state index in [-0.39, 0.29) is 12.3 Å². The third kappa shape index (κ3) is 5.98. The molecule has 1 aliphatic carbocycles. The van der Waals surface area contributed by atoms with Crippen LogP contribution in [0.1, 0.15) is 37.7 Å². The monoisotopic (exact) mass is 467 g/mol. The van der Waals surface area contributed by atoms with Crippen LogP contribution in [-0.2, 0) is 11.2 Å². The summed E-state index contributed by atoms with van der Waals surface area (Å²) >= 11 is 0. The Morgan fingerprint density at radius 2 is 1.79 bits per heavy atom. The van der Waals surface area contributed by atoms with Gasteiger partial charge in [-0.2, -0.15) is 4.98 Å². The lowest BCUT2D eigenvalue weighted by molar-refractivity contribution is -0.121. The van der Waals surface area contributed by atoms with E-state index in [4.69, 9.17) is 9.97 Å². The summed E-state index contributed by atoms with van der Waals surface area (Å²) in [6, 6.07) is 12.1. The van der Waals surface area contributed by atoms with Crippen LogP contribution < -0.4 is 15.5 Å². The molecule has 4 rings (SSSR count). The Kier molecular flexibility index (Phi) is 7.55. The number of rotatable bonds is 8. The third-order valence-corrected chi connectivity index (χ3v) is 6.40. The van der Waals surface area contributed by atoms with Crippen molar-refractivity contribution in [2.75, 3.05) is 30.9 Å². The van der Waals surface area contributed by atoms with E-state index in [0.29, 0.717) is 36.4 Å². The Balaban J connectivity index is 1.23. The molecule has 1 saturated carbocycles. The maximum atomic E-state index is 13.3. The number of para-hydroxylation sites is 1. The first-order chi connectivity index (χ1) is 16.4. The molecule has 1 aliphatic rings. The molecule has 3 aromatic rings. The standard InChI is InChI=1S/C26H31F2N5O/c1-33(2)25-20-5-3-4-6-23(20)31-26(32-25)30-19-11-7-18(8-12-19)16-29-24(34)14-10-17-9-13-21(27)22(28)15-17/h3-6,9,13,15,18-19H,7-8,10-12,14,16H2,1-2H3,(H,29,34)(H,30,31,32)/t18-,19+. The molecule has 6 nitrogen and oxygen atoms in total. The van der Waals surface area contributed by atoms with Gasteiger partial charge in [0.15, 0.2) is 11.6 Å². The maximum Gasteiger partial charge on any atom is 0.225 e. The molecular formula is C26H31F2N5O. The number of aromatic nitrogens is 2. The van der Waals surface area contributed by atoms with Gasteiger partial charge in [0.25, 0.3) is 0 Å². The molecule has 34 heavy (non-hydrogen) atoms. The minimum atomic E-state index is -0.879. The maximum absolute atomic E-state index is 13.3. The highest BCUT2D eigenvalue weighted by atomic mass is 19.2. The third-order valence-electron chi connectivity index (χ3n) is 6.40. The van der Waals surface area contributed by atoms with E-state index >= 15 is 0 Å². The molecule has 0 aliphatic heterocycles. The van der Waals surface area contributed by atoms with E-state index in [1.54, 1.807) is 0 Å². The number of carbonyl (C=O) groups excluding carboxylic acids is 1. The van der Waals surface area contributed by atoms with Gasteiger partial charge >= 0.3 is 0 Å². The lowest BCUT2D eigenvalue weighted by Crippen LogP contribution is -2.34. The fourth-order valence-electron chi connectivity index (χ4n) is 4.46. The zero-order valence-electron chi connectivity index (χ0n) is 19.7. The van der Waals surface area contributed by atoms with Crippen molar-refractivity contribution in [2.45, 2.75) is 44.6 Å². The zero-order chi connectivity index (χ0) is 24.1. The first kappa shape index (κ1) is 23.9. The van der Waals surface area contributed by atoms with Crippen molar-refractivity contribution >= 4 is 28.6 Å². The van der Waals surface area contributed by atoms with Crippen LogP contribution >= 0.6 is 0 Å². The molecular weight excluding hydrogens is 436 g/mol. The molecule has 0 spiro atoms. The van der Waals surface area contributed by atoms with Gasteiger partial charge in [0.05, 0.1) is 5.52 Å². The second kappa shape index (κ2) is 10.8. The lowest BCUT2D eigenvalue weighted by atomic mass is 9.86. The second-order valence-corrected chi connectivity index (χ2v) is 9.20. The minimum absolute atomic E-state index is 0.0641. The predicted molar refractivity (Wildman–Crippen MR) is 131 cm³/mol. The molecule has 8 heteroatoms. The minimum Gasteiger partial charge on any atom is -0.362 e. The Bertz CT molecular complexity index is 1150. The number of fused-ring (bicyclic) bond motifs is 1. The fourth-order valence-corrected chi connectivity index (χ4v) is 4.46. The Morgan fingerprint density at radius 3 is 2.53 bits per heavy atom. The number of aryl methyl sites for hydroxylation is 1. The number of halogens is 2. The van der Waals surface area contributed by atoms with Gasteiger partial charge in [0.2, 0.25) is 11.9 Å². The highest BCUT2D eigenvalue weighted by Crippen LogP contribution is 2.28. The van der Waals surface area contributed by atoms with Crippen LogP contribution in [0.25, 0.3) is 10.9 Å². The van der Waals surface area contributed by atoms with Crippen LogP contribution in [0, 0.1) is 17.6 Å². The number of carbonyl (C=O) groups is 1. The largest absolute Gasteiger partial charge is 0.362 e. The highest BCUT2D eigenvalue weighted by molar-refractivity contribution is 5.90. The van der Waals surface area contributed by atoms with Crippen molar-refractivity contribution in [1.82, 2.24) is 15.3 Å². The van der Waals surface area contributed by atoms with Crippen LogP contribution in [0.15, 0.2) is 42.5 Å². The molecule has 0 atom stereocenters. The molecule has 2 N–H and O–H groups in total. The number of hydrogen-bond acceptors (Lipinski definition) is 5. The van der Waals surface area contributed by atoms with Crippen LogP contribution in [-0.4, -0.2) is 42.6 Å². The lowest BCUT2D eigenvalue weighted by Gasteiger charge is -2.29. The van der Waals surface area contributed by atoms with Gasteiger partial charge in [-0.15, -0.1) is 0 Å². The van der Waals surface area contributed by atoms with Crippen molar-refractivity contribution in [3.8, 4) is 0 Å². The van der Waals surface area contributed by atoms with Crippen molar-refractivity contribution in [3.05, 3.63) is 59.7 Å². The summed E-state index contributed by atoms with van der Waals surface area (Å²) in [5.41, 5.74) is 1.54. The van der Waals surface area contributed by atoms with Gasteiger partial charge in [0, 0.05) is 38.5 Å². The summed E-state index contributed by atoms with van der Waals surface area (Å²) in [6.07, 6.45) is 4.64. The normalized spacial score (nSPS) is 18.0. The number of nitrogens with zero attached hydrogens (tertiary/aromatic N) is 3. The summed E-state index contributed by atoms with van der Waals surface area (Å²) in [6.45, 7) is 0.639. The number of benzene rings is 2. The SMILES string of the molecule is CN(C)c1nc(N[C@H]2CC[C@@H](CNC(=O)CCc3ccc(F)c(F)c3)CC2)nc2ccccc12. The van der Waals surface area contributed by atoms with Crippen molar-refractivity contribution in [1.29, 1.82) is 0 Å². The molecule has 1 fully saturated rings. The molecule has 0 bridgehead atoms. The number of anilines is 2. The Hall–Kier alpha value is -3.29. The van der Waals surface area contributed by atoms with Crippen LogP contribution in [0.3, 0.4) is 0 Å². The summed E-state index contributed by atoms with van der Waals surface area (Å²) in [4.78, 5) is 23.6. The van der Waals surface area contributed by atoms with Gasteiger partial charge < -0.3 is 15.5 Å². The average Bonchev–Trinajstić information content (AvgIpc) is 2.83. The molecule has 1 heterocycles. The van der Waals surface area contributed by atoms with Crippen molar-refractivity contribution < 1.29 is 13.6 Å². The van der Waals surface area contributed by atoms with E-state index < -0.39 is 11.6 Å². The average molecular weight is 468 g/mol. The Morgan fingerprint density at radius 1 is 1.03 bits per heavy atom. The topological polar surface area (TPSA) is 70.2 Å². The molecule has 1 aromatic heterocycles. The van der Waals surface area contributed by atoms with E-state index in [0.717, 1.165) is 54.5 Å². The molecule has 2 aromatic carbocycles.